The van der Waals surface area contributed by atoms with Crippen LogP contribution >= 0.6 is 0 Å². The van der Waals surface area contributed by atoms with Gasteiger partial charge < -0.3 is 14.2 Å². The molecule has 176 valence electrons. The van der Waals surface area contributed by atoms with Crippen molar-refractivity contribution in [2.45, 2.75) is 104 Å². The summed E-state index contributed by atoms with van der Waals surface area (Å²) in [4.78, 5) is 2.18. The highest BCUT2D eigenvalue weighted by Crippen LogP contribution is 2.12. The van der Waals surface area contributed by atoms with Crippen molar-refractivity contribution in [3.63, 3.8) is 0 Å². The average molecular weight is 438 g/mol. The molecule has 0 unspecified atom stereocenters. The molecule has 0 bridgehead atoms. The summed E-state index contributed by atoms with van der Waals surface area (Å²) < 4.78 is 32.9. The minimum atomic E-state index is -4.33. The van der Waals surface area contributed by atoms with Crippen LogP contribution in [-0.2, 0) is 14.6 Å². The maximum absolute atomic E-state index is 10.2. The largest absolute Gasteiger partial charge is 0.445 e. The van der Waals surface area contributed by atoms with Crippen LogP contribution in [0, 0.1) is 0 Å². The molecule has 0 aliphatic carbocycles. The molecule has 0 fully saturated rings. The molecule has 0 radical (unpaired) electrons. The highest BCUT2D eigenvalue weighted by Gasteiger charge is 1.98. The minimum absolute atomic E-state index is 0.279. The Morgan fingerprint density at radius 3 is 1.59 bits per heavy atom. The lowest BCUT2D eigenvalue weighted by atomic mass is 10.0. The lowest BCUT2D eigenvalue weighted by molar-refractivity contribution is 0.208. The third kappa shape index (κ3) is 29.7. The van der Waals surface area contributed by atoms with Crippen LogP contribution in [0.1, 0.15) is 104 Å². The first kappa shape index (κ1) is 30.6. The molecule has 0 aromatic rings. The Labute approximate surface area is 180 Å². The summed E-state index contributed by atoms with van der Waals surface area (Å²) in [7, 11) is -4.33. The summed E-state index contributed by atoms with van der Waals surface area (Å²) in [5.41, 5.74) is 0. The maximum atomic E-state index is 10.2. The summed E-state index contributed by atoms with van der Waals surface area (Å²) in [5.74, 6) is 0. The van der Waals surface area contributed by atoms with Crippen molar-refractivity contribution >= 4 is 10.4 Å². The Balaban J connectivity index is 0. The second kappa shape index (κ2) is 23.6. The standard InChI is InChI=1S/C16H32O4S.C6H15NO/c1-2-3-4-5-6-7-8-9-10-11-12-13-14-15-16-20-21(17,18)19;1-3-7(4-2)5-6-8/h15-16H,2-14H2,1H3,(H,17,18,19);8H,3-6H2,1-2H3/b16-15+;. The van der Waals surface area contributed by atoms with Crippen LogP contribution < -0.4 is 0 Å². The number of rotatable bonds is 19. The normalized spacial score (nSPS) is 11.7. The third-order valence-electron chi connectivity index (χ3n) is 4.81. The van der Waals surface area contributed by atoms with Crippen LogP contribution in [0.25, 0.3) is 0 Å². The van der Waals surface area contributed by atoms with E-state index in [1.807, 2.05) is 0 Å². The van der Waals surface area contributed by atoms with Crippen LogP contribution in [-0.4, -0.2) is 49.2 Å². The molecule has 0 atom stereocenters. The van der Waals surface area contributed by atoms with Gasteiger partial charge in [-0.1, -0.05) is 91.4 Å². The van der Waals surface area contributed by atoms with E-state index < -0.39 is 10.4 Å². The second-order valence-electron chi connectivity index (χ2n) is 7.32. The quantitative estimate of drug-likeness (QED) is 0.152. The number of aliphatic hydroxyl groups is 1. The van der Waals surface area contributed by atoms with Gasteiger partial charge in [0.15, 0.2) is 0 Å². The van der Waals surface area contributed by atoms with Crippen LogP contribution in [0.15, 0.2) is 12.3 Å². The van der Waals surface area contributed by atoms with Crippen molar-refractivity contribution in [3.8, 4) is 0 Å². The number of aliphatic hydroxyl groups excluding tert-OH is 1. The first-order chi connectivity index (χ1) is 13.9. The van der Waals surface area contributed by atoms with Gasteiger partial charge in [-0.3, -0.25) is 4.55 Å². The van der Waals surface area contributed by atoms with Crippen molar-refractivity contribution in [2.75, 3.05) is 26.2 Å². The molecular formula is C22H47NO5S. The van der Waals surface area contributed by atoms with E-state index in [4.69, 9.17) is 9.66 Å². The lowest BCUT2D eigenvalue weighted by Crippen LogP contribution is -2.25. The molecule has 6 nitrogen and oxygen atoms in total. The molecule has 0 saturated carbocycles. The van der Waals surface area contributed by atoms with Gasteiger partial charge >= 0.3 is 10.4 Å². The Bertz CT molecular complexity index is 436. The Morgan fingerprint density at radius 1 is 0.793 bits per heavy atom. The van der Waals surface area contributed by atoms with E-state index in [0.717, 1.165) is 45.2 Å². The molecule has 0 aliphatic rings. The first-order valence-electron chi connectivity index (χ1n) is 11.5. The summed E-state index contributed by atoms with van der Waals surface area (Å²) in [6, 6.07) is 0. The summed E-state index contributed by atoms with van der Waals surface area (Å²) in [6.45, 7) is 9.61. The molecule has 0 amide bonds. The van der Waals surface area contributed by atoms with Crippen molar-refractivity contribution < 1.29 is 22.3 Å². The van der Waals surface area contributed by atoms with Gasteiger partial charge in [0.25, 0.3) is 0 Å². The van der Waals surface area contributed by atoms with Gasteiger partial charge in [0.1, 0.15) is 6.26 Å². The Kier molecular flexibility index (Phi) is 24.9. The fourth-order valence-corrected chi connectivity index (χ4v) is 3.18. The molecule has 0 saturated heterocycles. The molecule has 29 heavy (non-hydrogen) atoms. The molecule has 2 N–H and O–H groups in total. The molecule has 7 heteroatoms. The molecule has 0 heterocycles. The third-order valence-corrected chi connectivity index (χ3v) is 5.16. The van der Waals surface area contributed by atoms with E-state index in [-0.39, 0.29) is 6.61 Å². The van der Waals surface area contributed by atoms with Gasteiger partial charge in [0, 0.05) is 6.54 Å². The molecule has 0 aromatic heterocycles. The van der Waals surface area contributed by atoms with Gasteiger partial charge in [0.2, 0.25) is 0 Å². The van der Waals surface area contributed by atoms with Gasteiger partial charge in [-0.05, 0) is 32.0 Å². The monoisotopic (exact) mass is 437 g/mol. The van der Waals surface area contributed by atoms with Crippen molar-refractivity contribution in [1.29, 1.82) is 0 Å². The SMILES string of the molecule is CCCCCCCCCCCCCC/C=C/OS(=O)(=O)O.CCN(CC)CCO. The zero-order valence-electron chi connectivity index (χ0n) is 19.2. The van der Waals surface area contributed by atoms with Gasteiger partial charge in [-0.2, -0.15) is 8.42 Å². The van der Waals surface area contributed by atoms with Crippen LogP contribution in [0.2, 0.25) is 0 Å². The van der Waals surface area contributed by atoms with E-state index in [1.165, 1.54) is 64.2 Å². The van der Waals surface area contributed by atoms with Crippen LogP contribution in [0.5, 0.6) is 0 Å². The van der Waals surface area contributed by atoms with Gasteiger partial charge in [0.05, 0.1) is 6.61 Å². The van der Waals surface area contributed by atoms with E-state index in [1.54, 1.807) is 6.08 Å². The zero-order chi connectivity index (χ0) is 22.2. The predicted molar refractivity (Wildman–Crippen MR) is 122 cm³/mol. The van der Waals surface area contributed by atoms with Crippen LogP contribution in [0.3, 0.4) is 0 Å². The molecular weight excluding hydrogens is 390 g/mol. The number of likely N-dealkylation sites (N-methyl/N-ethyl adjacent to an activating group) is 1. The number of hydrogen-bond donors (Lipinski definition) is 2. The van der Waals surface area contributed by atoms with E-state index in [9.17, 15) is 8.42 Å². The minimum Gasteiger partial charge on any atom is -0.395 e. The van der Waals surface area contributed by atoms with Crippen molar-refractivity contribution in [3.05, 3.63) is 12.3 Å². The fourth-order valence-electron chi connectivity index (χ4n) is 2.96. The fraction of sp³-hybridized carbons (Fsp3) is 0.909. The molecule has 0 rings (SSSR count). The lowest BCUT2D eigenvalue weighted by Gasteiger charge is -2.15. The van der Waals surface area contributed by atoms with Crippen molar-refractivity contribution in [1.82, 2.24) is 4.90 Å². The maximum Gasteiger partial charge on any atom is 0.445 e. The summed E-state index contributed by atoms with van der Waals surface area (Å²) in [6.07, 6.45) is 19.1. The molecule has 0 aliphatic heterocycles. The number of unbranched alkanes of at least 4 members (excludes halogenated alkanes) is 12. The number of hydrogen-bond acceptors (Lipinski definition) is 5. The van der Waals surface area contributed by atoms with E-state index in [2.05, 4.69) is 29.9 Å². The molecule has 0 spiro atoms. The first-order valence-corrected chi connectivity index (χ1v) is 12.9. The predicted octanol–water partition coefficient (Wildman–Crippen LogP) is 5.73. The summed E-state index contributed by atoms with van der Waals surface area (Å²) >= 11 is 0. The van der Waals surface area contributed by atoms with E-state index in [0.29, 0.717) is 0 Å². The Morgan fingerprint density at radius 2 is 1.24 bits per heavy atom. The number of nitrogens with zero attached hydrogens (tertiary/aromatic N) is 1. The zero-order valence-corrected chi connectivity index (χ0v) is 20.0. The summed E-state index contributed by atoms with van der Waals surface area (Å²) in [5, 5.41) is 8.46. The topological polar surface area (TPSA) is 87.1 Å². The van der Waals surface area contributed by atoms with E-state index >= 15 is 0 Å². The van der Waals surface area contributed by atoms with Crippen LogP contribution in [0.4, 0.5) is 0 Å². The average Bonchev–Trinajstić information content (AvgIpc) is 2.68. The Hall–Kier alpha value is -0.630. The van der Waals surface area contributed by atoms with Gasteiger partial charge in [-0.25, -0.2) is 0 Å². The second-order valence-corrected chi connectivity index (χ2v) is 8.37. The molecule has 0 aromatic carbocycles. The number of allylic oxidation sites excluding steroid dienone is 1. The highest BCUT2D eigenvalue weighted by molar-refractivity contribution is 7.81. The highest BCUT2D eigenvalue weighted by atomic mass is 32.3. The van der Waals surface area contributed by atoms with Gasteiger partial charge in [-0.15, -0.1) is 0 Å². The van der Waals surface area contributed by atoms with Crippen molar-refractivity contribution in [2.24, 2.45) is 0 Å². The smallest absolute Gasteiger partial charge is 0.395 e.